The first-order valence-electron chi connectivity index (χ1n) is 5.61. The van der Waals surface area contributed by atoms with Gasteiger partial charge < -0.3 is 14.7 Å². The molecule has 5 nitrogen and oxygen atoms in total. The lowest BCUT2D eigenvalue weighted by atomic mass is 10.0. The molecule has 0 fully saturated rings. The Balaban J connectivity index is 2.72. The van der Waals surface area contributed by atoms with E-state index >= 15 is 0 Å². The Labute approximate surface area is 101 Å². The summed E-state index contributed by atoms with van der Waals surface area (Å²) < 4.78 is 5.22. The normalized spacial score (nSPS) is 20.8. The number of hydrogen-bond acceptors (Lipinski definition) is 3. The molecule has 0 aromatic heterocycles. The van der Waals surface area contributed by atoms with Gasteiger partial charge in [-0.15, -0.1) is 0 Å². The third kappa shape index (κ3) is 4.09. The van der Waals surface area contributed by atoms with Crippen molar-refractivity contribution in [2.24, 2.45) is 5.92 Å². The van der Waals surface area contributed by atoms with Crippen molar-refractivity contribution in [3.63, 3.8) is 0 Å². The molecular formula is C12H19NO4. The SMILES string of the molecule is CC1C=C(C(=O)O)CN(C(=O)OC(C)(C)C)C1. The van der Waals surface area contributed by atoms with Gasteiger partial charge in [-0.25, -0.2) is 9.59 Å². The van der Waals surface area contributed by atoms with E-state index in [4.69, 9.17) is 9.84 Å². The Bertz CT molecular complexity index is 354. The minimum atomic E-state index is -0.981. The molecule has 17 heavy (non-hydrogen) atoms. The van der Waals surface area contributed by atoms with Crippen LogP contribution in [-0.2, 0) is 9.53 Å². The molecule has 0 radical (unpaired) electrons. The molecule has 1 N–H and O–H groups in total. The van der Waals surface area contributed by atoms with Gasteiger partial charge in [0.2, 0.25) is 0 Å². The lowest BCUT2D eigenvalue weighted by molar-refractivity contribution is -0.133. The average Bonchev–Trinajstić information content (AvgIpc) is 2.13. The highest BCUT2D eigenvalue weighted by molar-refractivity contribution is 5.88. The highest BCUT2D eigenvalue weighted by Gasteiger charge is 2.28. The van der Waals surface area contributed by atoms with Crippen LogP contribution in [0.1, 0.15) is 27.7 Å². The molecule has 1 heterocycles. The van der Waals surface area contributed by atoms with Gasteiger partial charge >= 0.3 is 12.1 Å². The number of ether oxygens (including phenoxy) is 1. The quantitative estimate of drug-likeness (QED) is 0.761. The molecule has 0 saturated heterocycles. The van der Waals surface area contributed by atoms with Gasteiger partial charge in [-0.2, -0.15) is 0 Å². The minimum absolute atomic E-state index is 0.0300. The number of rotatable bonds is 1. The van der Waals surface area contributed by atoms with Crippen LogP contribution >= 0.6 is 0 Å². The molecule has 5 heteroatoms. The van der Waals surface area contributed by atoms with Crippen molar-refractivity contribution < 1.29 is 19.4 Å². The summed E-state index contributed by atoms with van der Waals surface area (Å²) in [5, 5.41) is 8.94. The molecule has 96 valence electrons. The van der Waals surface area contributed by atoms with E-state index in [2.05, 4.69) is 0 Å². The summed E-state index contributed by atoms with van der Waals surface area (Å²) in [6.07, 6.45) is 1.22. The number of carbonyl (C=O) groups is 2. The number of carboxylic acids is 1. The van der Waals surface area contributed by atoms with Crippen molar-refractivity contribution in [3.8, 4) is 0 Å². The predicted octanol–water partition coefficient (Wildman–Crippen LogP) is 1.88. The van der Waals surface area contributed by atoms with Crippen LogP contribution in [0.25, 0.3) is 0 Å². The Hall–Kier alpha value is -1.52. The topological polar surface area (TPSA) is 66.8 Å². The van der Waals surface area contributed by atoms with Gasteiger partial charge in [-0.3, -0.25) is 0 Å². The summed E-state index contributed by atoms with van der Waals surface area (Å²) >= 11 is 0. The lowest BCUT2D eigenvalue weighted by Gasteiger charge is -2.31. The molecule has 0 bridgehead atoms. The summed E-state index contributed by atoms with van der Waals surface area (Å²) in [5.41, 5.74) is -0.320. The monoisotopic (exact) mass is 241 g/mol. The summed E-state index contributed by atoms with van der Waals surface area (Å²) in [6, 6.07) is 0. The van der Waals surface area contributed by atoms with Crippen molar-refractivity contribution in [1.82, 2.24) is 4.90 Å². The molecule has 0 aromatic rings. The third-order valence-corrected chi connectivity index (χ3v) is 2.28. The zero-order chi connectivity index (χ0) is 13.2. The Morgan fingerprint density at radius 3 is 2.53 bits per heavy atom. The standard InChI is InChI=1S/C12H19NO4/c1-8-5-9(10(14)15)7-13(6-8)11(16)17-12(2,3)4/h5,8H,6-7H2,1-4H3,(H,14,15). The number of nitrogens with zero attached hydrogens (tertiary/aromatic N) is 1. The molecule has 1 aliphatic heterocycles. The Morgan fingerprint density at radius 2 is 2.06 bits per heavy atom. The number of carboxylic acid groups (broad SMARTS) is 1. The molecule has 0 spiro atoms. The van der Waals surface area contributed by atoms with Crippen LogP contribution in [0.15, 0.2) is 11.6 Å². The van der Waals surface area contributed by atoms with E-state index in [0.29, 0.717) is 6.54 Å². The van der Waals surface area contributed by atoms with Gasteiger partial charge in [0.1, 0.15) is 5.60 Å². The number of hydrogen-bond donors (Lipinski definition) is 1. The maximum absolute atomic E-state index is 11.8. The van der Waals surface area contributed by atoms with Gasteiger partial charge in [0.15, 0.2) is 0 Å². The van der Waals surface area contributed by atoms with Crippen molar-refractivity contribution in [2.75, 3.05) is 13.1 Å². The van der Waals surface area contributed by atoms with Gasteiger partial charge in [-0.05, 0) is 26.7 Å². The fraction of sp³-hybridized carbons (Fsp3) is 0.667. The predicted molar refractivity (Wildman–Crippen MR) is 62.7 cm³/mol. The van der Waals surface area contributed by atoms with Crippen LogP contribution in [0.3, 0.4) is 0 Å². The highest BCUT2D eigenvalue weighted by Crippen LogP contribution is 2.18. The molecular weight excluding hydrogens is 222 g/mol. The minimum Gasteiger partial charge on any atom is -0.478 e. The van der Waals surface area contributed by atoms with Crippen LogP contribution in [0.2, 0.25) is 0 Å². The second-order valence-corrected chi connectivity index (χ2v) is 5.34. The van der Waals surface area contributed by atoms with Crippen LogP contribution in [-0.4, -0.2) is 40.8 Å². The average molecular weight is 241 g/mol. The number of aliphatic carboxylic acids is 1. The van der Waals surface area contributed by atoms with E-state index in [-0.39, 0.29) is 18.0 Å². The summed E-state index contributed by atoms with van der Waals surface area (Å²) in [4.78, 5) is 24.1. The van der Waals surface area contributed by atoms with Crippen LogP contribution in [0.4, 0.5) is 4.79 Å². The first kappa shape index (κ1) is 13.5. The Morgan fingerprint density at radius 1 is 1.47 bits per heavy atom. The smallest absolute Gasteiger partial charge is 0.410 e. The summed E-state index contributed by atoms with van der Waals surface area (Å²) in [5.74, 6) is -0.951. The molecule has 0 aliphatic carbocycles. The van der Waals surface area contributed by atoms with E-state index in [1.54, 1.807) is 26.8 Å². The molecule has 0 aromatic carbocycles. The molecule has 1 unspecified atom stereocenters. The van der Waals surface area contributed by atoms with Crippen molar-refractivity contribution in [2.45, 2.75) is 33.3 Å². The maximum atomic E-state index is 11.8. The second-order valence-electron chi connectivity index (χ2n) is 5.34. The number of amides is 1. The van der Waals surface area contributed by atoms with Crippen molar-refractivity contribution >= 4 is 12.1 Å². The van der Waals surface area contributed by atoms with Gasteiger partial charge in [0, 0.05) is 6.54 Å². The molecule has 1 rings (SSSR count). The van der Waals surface area contributed by atoms with E-state index < -0.39 is 17.7 Å². The molecule has 1 aliphatic rings. The van der Waals surface area contributed by atoms with Crippen molar-refractivity contribution in [1.29, 1.82) is 0 Å². The molecule has 0 saturated carbocycles. The van der Waals surface area contributed by atoms with E-state index in [1.807, 2.05) is 6.92 Å². The Kier molecular flexibility index (Phi) is 3.80. The summed E-state index contributed by atoms with van der Waals surface area (Å²) in [6.45, 7) is 7.82. The lowest BCUT2D eigenvalue weighted by Crippen LogP contribution is -2.43. The fourth-order valence-corrected chi connectivity index (χ4v) is 1.67. The zero-order valence-corrected chi connectivity index (χ0v) is 10.7. The van der Waals surface area contributed by atoms with Crippen LogP contribution in [0.5, 0.6) is 0 Å². The van der Waals surface area contributed by atoms with Crippen LogP contribution in [0, 0.1) is 5.92 Å². The molecule has 1 amide bonds. The number of carbonyl (C=O) groups excluding carboxylic acids is 1. The van der Waals surface area contributed by atoms with E-state index in [0.717, 1.165) is 0 Å². The van der Waals surface area contributed by atoms with E-state index in [9.17, 15) is 9.59 Å². The van der Waals surface area contributed by atoms with Crippen LogP contribution < -0.4 is 0 Å². The first-order valence-corrected chi connectivity index (χ1v) is 5.61. The largest absolute Gasteiger partial charge is 0.478 e. The van der Waals surface area contributed by atoms with Crippen molar-refractivity contribution in [3.05, 3.63) is 11.6 Å². The second kappa shape index (κ2) is 4.77. The van der Waals surface area contributed by atoms with E-state index in [1.165, 1.54) is 4.90 Å². The zero-order valence-electron chi connectivity index (χ0n) is 10.7. The first-order chi connectivity index (χ1) is 7.69. The fourth-order valence-electron chi connectivity index (χ4n) is 1.67. The maximum Gasteiger partial charge on any atom is 0.410 e. The van der Waals surface area contributed by atoms with Gasteiger partial charge in [0.25, 0.3) is 0 Å². The highest BCUT2D eigenvalue weighted by atomic mass is 16.6. The molecule has 1 atom stereocenters. The van der Waals surface area contributed by atoms with Gasteiger partial charge in [-0.1, -0.05) is 13.0 Å². The third-order valence-electron chi connectivity index (χ3n) is 2.28. The van der Waals surface area contributed by atoms with Gasteiger partial charge in [0.05, 0.1) is 12.1 Å². The summed E-state index contributed by atoms with van der Waals surface area (Å²) in [7, 11) is 0.